The molecule has 33 heavy (non-hydrogen) atoms. The summed E-state index contributed by atoms with van der Waals surface area (Å²) in [5.74, 6) is 5.24. The van der Waals surface area contributed by atoms with Gasteiger partial charge in [-0.15, -0.1) is 0 Å². The fraction of sp³-hybridized carbons (Fsp3) is 0.900. The van der Waals surface area contributed by atoms with Crippen molar-refractivity contribution in [2.24, 2.45) is 46.3 Å². The summed E-state index contributed by atoms with van der Waals surface area (Å²) in [7, 11) is 0. The number of rotatable bonds is 7. The molecule has 0 aromatic rings. The van der Waals surface area contributed by atoms with E-state index in [4.69, 9.17) is 4.74 Å². The quantitative estimate of drug-likeness (QED) is 0.133. The van der Waals surface area contributed by atoms with Gasteiger partial charge in [-0.3, -0.25) is 4.79 Å². The minimum Gasteiger partial charge on any atom is -0.461 e. The zero-order valence-corrected chi connectivity index (χ0v) is 24.3. The molecular formula is C30H49IO2. The maximum absolute atomic E-state index is 12.2. The van der Waals surface area contributed by atoms with Crippen molar-refractivity contribution in [3.8, 4) is 0 Å². The van der Waals surface area contributed by atoms with Crippen LogP contribution in [0.3, 0.4) is 0 Å². The molecule has 0 heterocycles. The SMILES string of the molecule is CC(C)CCC[C@@H](C)[C@@H]1CC[C@@H]2[C@H]3CC=C4C[C@@H](OC(=O)[C@H](C)I)CC[C@]4(C)[C@@H]3CC[C@@]21C. The molecule has 0 unspecified atom stereocenters. The predicted octanol–water partition coefficient (Wildman–Crippen LogP) is 8.76. The summed E-state index contributed by atoms with van der Waals surface area (Å²) >= 11 is 2.17. The average Bonchev–Trinajstić information content (AvgIpc) is 3.11. The van der Waals surface area contributed by atoms with Crippen LogP contribution in [0.1, 0.15) is 112 Å². The molecule has 0 spiro atoms. The van der Waals surface area contributed by atoms with Crippen molar-refractivity contribution in [3.63, 3.8) is 0 Å². The Morgan fingerprint density at radius 2 is 1.82 bits per heavy atom. The molecule has 0 N–H and O–H groups in total. The topological polar surface area (TPSA) is 26.3 Å². The number of allylic oxidation sites excluding steroid dienone is 1. The molecule has 0 bridgehead atoms. The fourth-order valence-corrected chi connectivity index (χ4v) is 9.16. The van der Waals surface area contributed by atoms with Crippen molar-refractivity contribution < 1.29 is 9.53 Å². The van der Waals surface area contributed by atoms with Crippen LogP contribution < -0.4 is 0 Å². The molecular weight excluding hydrogens is 519 g/mol. The molecule has 2 nitrogen and oxygen atoms in total. The molecule has 3 heteroatoms. The molecule has 4 rings (SSSR count). The summed E-state index contributed by atoms with van der Waals surface area (Å²) in [6.45, 7) is 14.5. The summed E-state index contributed by atoms with van der Waals surface area (Å²) in [5, 5.41) is 0. The van der Waals surface area contributed by atoms with E-state index in [-0.39, 0.29) is 16.0 Å². The monoisotopic (exact) mass is 568 g/mol. The molecule has 4 aliphatic carbocycles. The summed E-state index contributed by atoms with van der Waals surface area (Å²) < 4.78 is 5.81. The molecule has 0 aromatic heterocycles. The normalized spacial score (nSPS) is 42.1. The van der Waals surface area contributed by atoms with Gasteiger partial charge in [-0.1, -0.05) is 88.1 Å². The van der Waals surface area contributed by atoms with Gasteiger partial charge in [-0.05, 0) is 98.2 Å². The van der Waals surface area contributed by atoms with Gasteiger partial charge in [-0.2, -0.15) is 0 Å². The number of halogens is 1. The summed E-state index contributed by atoms with van der Waals surface area (Å²) in [6, 6.07) is 0. The molecule has 188 valence electrons. The largest absolute Gasteiger partial charge is 0.461 e. The van der Waals surface area contributed by atoms with Crippen LogP contribution in [0, 0.1) is 46.3 Å². The van der Waals surface area contributed by atoms with Gasteiger partial charge in [0.1, 0.15) is 10.0 Å². The van der Waals surface area contributed by atoms with Crippen molar-refractivity contribution in [1.82, 2.24) is 0 Å². The van der Waals surface area contributed by atoms with E-state index in [1.807, 2.05) is 6.92 Å². The van der Waals surface area contributed by atoms with Crippen LogP contribution in [-0.4, -0.2) is 16.0 Å². The summed E-state index contributed by atoms with van der Waals surface area (Å²) in [4.78, 5) is 12.2. The van der Waals surface area contributed by atoms with Crippen molar-refractivity contribution >= 4 is 28.6 Å². The second-order valence-electron chi connectivity index (χ2n) is 13.2. The lowest BCUT2D eigenvalue weighted by molar-refractivity contribution is -0.150. The van der Waals surface area contributed by atoms with Gasteiger partial charge < -0.3 is 4.74 Å². The Hall–Kier alpha value is -0.0600. The number of carbonyl (C=O) groups is 1. The van der Waals surface area contributed by atoms with E-state index in [1.165, 1.54) is 57.8 Å². The van der Waals surface area contributed by atoms with E-state index in [0.29, 0.717) is 10.8 Å². The highest BCUT2D eigenvalue weighted by atomic mass is 127. The van der Waals surface area contributed by atoms with Gasteiger partial charge in [0.05, 0.1) is 0 Å². The van der Waals surface area contributed by atoms with E-state index in [0.717, 1.165) is 48.3 Å². The maximum Gasteiger partial charge on any atom is 0.318 e. The van der Waals surface area contributed by atoms with Crippen molar-refractivity contribution in [1.29, 1.82) is 0 Å². The lowest BCUT2D eigenvalue weighted by atomic mass is 9.47. The Balaban J connectivity index is 1.45. The molecule has 0 radical (unpaired) electrons. The number of ether oxygens (including phenoxy) is 1. The van der Waals surface area contributed by atoms with Crippen LogP contribution in [0.5, 0.6) is 0 Å². The van der Waals surface area contributed by atoms with Crippen molar-refractivity contribution in [3.05, 3.63) is 11.6 Å². The highest BCUT2D eigenvalue weighted by Gasteiger charge is 2.59. The third-order valence-corrected chi connectivity index (χ3v) is 11.4. The number of carbonyl (C=O) groups excluding carboxylic acids is 1. The zero-order valence-electron chi connectivity index (χ0n) is 22.2. The van der Waals surface area contributed by atoms with Gasteiger partial charge in [-0.25, -0.2) is 0 Å². The van der Waals surface area contributed by atoms with Gasteiger partial charge in [0, 0.05) is 6.42 Å². The van der Waals surface area contributed by atoms with E-state index < -0.39 is 0 Å². The van der Waals surface area contributed by atoms with Crippen LogP contribution in [-0.2, 0) is 9.53 Å². The maximum atomic E-state index is 12.2. The first kappa shape index (κ1) is 26.0. The smallest absolute Gasteiger partial charge is 0.318 e. The van der Waals surface area contributed by atoms with Crippen LogP contribution in [0.15, 0.2) is 11.6 Å². The number of alkyl halides is 1. The van der Waals surface area contributed by atoms with Gasteiger partial charge in [0.2, 0.25) is 0 Å². The Kier molecular flexibility index (Phi) is 7.99. The summed E-state index contributed by atoms with van der Waals surface area (Å²) in [5.41, 5.74) is 2.52. The number of esters is 1. The Bertz CT molecular complexity index is 742. The van der Waals surface area contributed by atoms with Crippen LogP contribution >= 0.6 is 22.6 Å². The second-order valence-corrected chi connectivity index (χ2v) is 15.1. The lowest BCUT2D eigenvalue weighted by Gasteiger charge is -2.58. The van der Waals surface area contributed by atoms with E-state index in [1.54, 1.807) is 5.57 Å². The molecule has 0 aromatic carbocycles. The first-order valence-electron chi connectivity index (χ1n) is 14.1. The predicted molar refractivity (Wildman–Crippen MR) is 146 cm³/mol. The molecule has 3 saturated carbocycles. The van der Waals surface area contributed by atoms with E-state index in [9.17, 15) is 4.79 Å². The highest BCUT2D eigenvalue weighted by Crippen LogP contribution is 2.67. The molecule has 0 aliphatic heterocycles. The highest BCUT2D eigenvalue weighted by molar-refractivity contribution is 14.1. The third-order valence-electron chi connectivity index (χ3n) is 10.9. The van der Waals surface area contributed by atoms with Gasteiger partial charge >= 0.3 is 5.97 Å². The zero-order chi connectivity index (χ0) is 24.0. The van der Waals surface area contributed by atoms with Crippen molar-refractivity contribution in [2.45, 2.75) is 122 Å². The fourth-order valence-electron chi connectivity index (χ4n) is 9.01. The molecule has 3 fully saturated rings. The second kappa shape index (κ2) is 10.1. The Morgan fingerprint density at radius 1 is 1.06 bits per heavy atom. The molecule has 0 amide bonds. The standard InChI is InChI=1S/C30H49IO2/c1-19(2)8-7-9-20(3)25-12-13-26-24-11-10-22-18-23(33-28(32)21(4)31)14-16-29(22,5)27(24)15-17-30(25,26)6/h10,19-21,23-27H,7-9,11-18H2,1-6H3/t20-,21+,23+,24-,25+,26-,27-,29+,30-/m1/s1. The van der Waals surface area contributed by atoms with Crippen LogP contribution in [0.25, 0.3) is 0 Å². The van der Waals surface area contributed by atoms with E-state index in [2.05, 4.69) is 63.3 Å². The van der Waals surface area contributed by atoms with Crippen LogP contribution in [0.2, 0.25) is 0 Å². The number of hydrogen-bond donors (Lipinski definition) is 0. The first-order chi connectivity index (χ1) is 15.6. The van der Waals surface area contributed by atoms with Gasteiger partial charge in [0.25, 0.3) is 0 Å². The van der Waals surface area contributed by atoms with Gasteiger partial charge in [0.15, 0.2) is 0 Å². The number of fused-ring (bicyclic) bond motifs is 5. The minimum absolute atomic E-state index is 0.0357. The third kappa shape index (κ3) is 4.96. The Morgan fingerprint density at radius 3 is 2.52 bits per heavy atom. The molecule has 4 aliphatic rings. The van der Waals surface area contributed by atoms with E-state index >= 15 is 0 Å². The average molecular weight is 569 g/mol. The minimum atomic E-state index is -0.0558. The lowest BCUT2D eigenvalue weighted by Crippen LogP contribution is -2.51. The van der Waals surface area contributed by atoms with Crippen molar-refractivity contribution in [2.75, 3.05) is 0 Å². The molecule has 0 saturated heterocycles. The summed E-state index contributed by atoms with van der Waals surface area (Å²) in [6.07, 6.45) is 17.2. The van der Waals surface area contributed by atoms with Crippen LogP contribution in [0.4, 0.5) is 0 Å². The first-order valence-corrected chi connectivity index (χ1v) is 15.3. The Labute approximate surface area is 217 Å². The molecule has 9 atom stereocenters. The number of hydrogen-bond acceptors (Lipinski definition) is 2.